The molecule has 144 valence electrons. The maximum atomic E-state index is 12.7. The predicted octanol–water partition coefficient (Wildman–Crippen LogP) is 4.60. The molecule has 1 aliphatic heterocycles. The summed E-state index contributed by atoms with van der Waals surface area (Å²) in [6.45, 7) is 8.34. The summed E-state index contributed by atoms with van der Waals surface area (Å²) in [6, 6.07) is 6.82. The lowest BCUT2D eigenvalue weighted by atomic mass is 9.81. The van der Waals surface area contributed by atoms with E-state index >= 15 is 0 Å². The molecule has 1 aromatic heterocycles. The average Bonchev–Trinajstić information content (AvgIpc) is 2.91. The van der Waals surface area contributed by atoms with E-state index in [4.69, 9.17) is 16.3 Å². The Kier molecular flexibility index (Phi) is 5.10. The quantitative estimate of drug-likeness (QED) is 0.731. The first-order valence-corrected chi connectivity index (χ1v) is 9.85. The fourth-order valence-electron chi connectivity index (χ4n) is 3.75. The number of halogens is 1. The Labute approximate surface area is 168 Å². The lowest BCUT2D eigenvalue weighted by molar-refractivity contribution is 0.0600. The molecule has 0 unspecified atom stereocenters. The van der Waals surface area contributed by atoms with Gasteiger partial charge in [0.15, 0.2) is 0 Å². The van der Waals surface area contributed by atoms with Crippen molar-refractivity contribution in [2.24, 2.45) is 0 Å². The Morgan fingerprint density at radius 3 is 2.52 bits per heavy atom. The van der Waals surface area contributed by atoms with E-state index in [0.29, 0.717) is 27.6 Å². The number of esters is 1. The molecule has 0 radical (unpaired) electrons. The van der Waals surface area contributed by atoms with E-state index in [0.717, 1.165) is 10.4 Å². The third-order valence-electron chi connectivity index (χ3n) is 4.58. The molecule has 2 aromatic rings. The molecule has 2 heterocycles. The van der Waals surface area contributed by atoms with Gasteiger partial charge in [-0.15, -0.1) is 11.3 Å². The normalized spacial score (nSPS) is 17.1. The fourth-order valence-corrected chi connectivity index (χ4v) is 5.23. The Morgan fingerprint density at radius 1 is 1.22 bits per heavy atom. The third-order valence-corrected chi connectivity index (χ3v) is 6.38. The van der Waals surface area contributed by atoms with Crippen LogP contribution in [0.2, 0.25) is 5.02 Å². The van der Waals surface area contributed by atoms with Crippen LogP contribution in [0.4, 0.5) is 5.00 Å². The highest BCUT2D eigenvalue weighted by Gasteiger charge is 2.42. The summed E-state index contributed by atoms with van der Waals surface area (Å²) >= 11 is 7.54. The van der Waals surface area contributed by atoms with Crippen LogP contribution < -0.4 is 10.6 Å². The minimum absolute atomic E-state index is 0.190. The number of methoxy groups -OCH3 is 1. The van der Waals surface area contributed by atoms with E-state index in [1.807, 2.05) is 0 Å². The van der Waals surface area contributed by atoms with Crippen LogP contribution in [-0.2, 0) is 16.7 Å². The van der Waals surface area contributed by atoms with Gasteiger partial charge in [-0.1, -0.05) is 23.7 Å². The smallest absolute Gasteiger partial charge is 0.341 e. The highest BCUT2D eigenvalue weighted by atomic mass is 35.5. The van der Waals surface area contributed by atoms with Crippen molar-refractivity contribution in [2.45, 2.75) is 45.2 Å². The SMILES string of the molecule is COC(=O)c1c(NC(=O)c2ccccc2Cl)sc2c1CC(C)(C)NC2(C)C. The Bertz CT molecular complexity index is 918. The number of benzene rings is 1. The fraction of sp³-hybridized carbons (Fsp3) is 0.400. The molecule has 7 heteroatoms. The van der Waals surface area contributed by atoms with Crippen LogP contribution >= 0.6 is 22.9 Å². The van der Waals surface area contributed by atoms with Crippen LogP contribution in [0.3, 0.4) is 0 Å². The molecular formula is C20H23ClN2O3S. The second kappa shape index (κ2) is 6.93. The molecule has 0 bridgehead atoms. The zero-order chi connectivity index (χ0) is 20.0. The summed E-state index contributed by atoms with van der Waals surface area (Å²) in [5.74, 6) is -0.801. The second-order valence-electron chi connectivity index (χ2n) is 7.85. The van der Waals surface area contributed by atoms with Gasteiger partial charge in [0, 0.05) is 16.0 Å². The van der Waals surface area contributed by atoms with Crippen LogP contribution in [0.5, 0.6) is 0 Å². The van der Waals surface area contributed by atoms with E-state index in [1.54, 1.807) is 24.3 Å². The number of carbonyl (C=O) groups excluding carboxylic acids is 2. The van der Waals surface area contributed by atoms with Gasteiger partial charge in [-0.2, -0.15) is 0 Å². The maximum Gasteiger partial charge on any atom is 0.341 e. The largest absolute Gasteiger partial charge is 0.465 e. The minimum atomic E-state index is -0.449. The number of carbonyl (C=O) groups is 2. The number of amides is 1. The molecule has 0 spiro atoms. The van der Waals surface area contributed by atoms with Gasteiger partial charge in [0.25, 0.3) is 5.91 Å². The molecule has 0 fully saturated rings. The zero-order valence-electron chi connectivity index (χ0n) is 16.0. The summed E-state index contributed by atoms with van der Waals surface area (Å²) < 4.78 is 5.02. The Hall–Kier alpha value is -1.89. The highest BCUT2D eigenvalue weighted by Crippen LogP contribution is 2.45. The molecule has 3 rings (SSSR count). The van der Waals surface area contributed by atoms with E-state index in [2.05, 4.69) is 38.3 Å². The monoisotopic (exact) mass is 406 g/mol. The highest BCUT2D eigenvalue weighted by molar-refractivity contribution is 7.17. The van der Waals surface area contributed by atoms with E-state index in [1.165, 1.54) is 18.4 Å². The lowest BCUT2D eigenvalue weighted by Gasteiger charge is -2.42. The van der Waals surface area contributed by atoms with Crippen LogP contribution in [0.25, 0.3) is 0 Å². The van der Waals surface area contributed by atoms with Crippen molar-refractivity contribution in [1.82, 2.24) is 5.32 Å². The number of rotatable bonds is 3. The Balaban J connectivity index is 2.09. The molecule has 0 saturated carbocycles. The predicted molar refractivity (Wildman–Crippen MR) is 109 cm³/mol. The summed E-state index contributed by atoms with van der Waals surface area (Å²) in [7, 11) is 1.35. The average molecular weight is 407 g/mol. The van der Waals surface area contributed by atoms with E-state index in [9.17, 15) is 9.59 Å². The van der Waals surface area contributed by atoms with Gasteiger partial charge in [-0.05, 0) is 51.8 Å². The zero-order valence-corrected chi connectivity index (χ0v) is 17.6. The number of hydrogen-bond acceptors (Lipinski definition) is 5. The summed E-state index contributed by atoms with van der Waals surface area (Å²) in [6.07, 6.45) is 0.661. The molecule has 0 aliphatic carbocycles. The van der Waals surface area contributed by atoms with Gasteiger partial charge in [0.2, 0.25) is 0 Å². The van der Waals surface area contributed by atoms with Crippen LogP contribution in [-0.4, -0.2) is 24.5 Å². The van der Waals surface area contributed by atoms with Crippen molar-refractivity contribution in [3.8, 4) is 0 Å². The van der Waals surface area contributed by atoms with Gasteiger partial charge in [0.1, 0.15) is 5.00 Å². The van der Waals surface area contributed by atoms with Crippen molar-refractivity contribution in [1.29, 1.82) is 0 Å². The van der Waals surface area contributed by atoms with Crippen LogP contribution in [0.1, 0.15) is 58.9 Å². The minimum Gasteiger partial charge on any atom is -0.465 e. The van der Waals surface area contributed by atoms with E-state index < -0.39 is 5.97 Å². The molecule has 1 amide bonds. The molecule has 1 aromatic carbocycles. The van der Waals surface area contributed by atoms with Crippen molar-refractivity contribution < 1.29 is 14.3 Å². The van der Waals surface area contributed by atoms with Gasteiger partial charge >= 0.3 is 5.97 Å². The number of thiophene rings is 1. The van der Waals surface area contributed by atoms with Gasteiger partial charge in [-0.3, -0.25) is 4.79 Å². The van der Waals surface area contributed by atoms with Crippen molar-refractivity contribution in [3.05, 3.63) is 50.9 Å². The van der Waals surface area contributed by atoms with Crippen molar-refractivity contribution in [2.75, 3.05) is 12.4 Å². The molecule has 5 nitrogen and oxygen atoms in total. The van der Waals surface area contributed by atoms with Crippen molar-refractivity contribution >= 4 is 39.8 Å². The van der Waals surface area contributed by atoms with Gasteiger partial charge in [0.05, 0.1) is 23.3 Å². The molecule has 27 heavy (non-hydrogen) atoms. The van der Waals surface area contributed by atoms with Gasteiger partial charge < -0.3 is 15.4 Å². The number of nitrogens with one attached hydrogen (secondary N) is 2. The molecule has 0 atom stereocenters. The summed E-state index contributed by atoms with van der Waals surface area (Å²) in [5, 5.41) is 7.33. The first-order valence-electron chi connectivity index (χ1n) is 8.65. The van der Waals surface area contributed by atoms with E-state index in [-0.39, 0.29) is 17.0 Å². The molecule has 2 N–H and O–H groups in total. The first-order chi connectivity index (χ1) is 12.6. The maximum absolute atomic E-state index is 12.7. The summed E-state index contributed by atoms with van der Waals surface area (Å²) in [4.78, 5) is 26.3. The molecule has 1 aliphatic rings. The summed E-state index contributed by atoms with van der Waals surface area (Å²) in [5.41, 5.74) is 1.19. The second-order valence-corrected chi connectivity index (χ2v) is 9.28. The lowest BCUT2D eigenvalue weighted by Crippen LogP contribution is -2.55. The standard InChI is InChI=1S/C20H23ClN2O3S/c1-19(2)10-12-14(18(25)26-5)17(27-15(12)20(3,4)23-19)22-16(24)11-8-6-7-9-13(11)21/h6-9,23H,10H2,1-5H3,(H,22,24). The molecule has 0 saturated heterocycles. The number of ether oxygens (including phenoxy) is 1. The van der Waals surface area contributed by atoms with Crippen LogP contribution in [0, 0.1) is 0 Å². The third kappa shape index (κ3) is 3.74. The molecular weight excluding hydrogens is 384 g/mol. The number of anilines is 1. The van der Waals surface area contributed by atoms with Crippen LogP contribution in [0.15, 0.2) is 24.3 Å². The first kappa shape index (κ1) is 19.9. The van der Waals surface area contributed by atoms with Crippen molar-refractivity contribution in [3.63, 3.8) is 0 Å². The Morgan fingerprint density at radius 2 is 1.89 bits per heavy atom. The number of fused-ring (bicyclic) bond motifs is 1. The number of hydrogen-bond donors (Lipinski definition) is 2. The topological polar surface area (TPSA) is 67.4 Å². The van der Waals surface area contributed by atoms with Gasteiger partial charge in [-0.25, -0.2) is 4.79 Å².